The molecule has 218 valence electrons. The number of hydrogen-bond acceptors (Lipinski definition) is 7. The lowest BCUT2D eigenvalue weighted by Crippen LogP contribution is -2.52. The van der Waals surface area contributed by atoms with Crippen LogP contribution in [0.3, 0.4) is 0 Å². The zero-order valence-corrected chi connectivity index (χ0v) is 23.8. The molecule has 2 aromatic rings. The first-order valence-corrected chi connectivity index (χ1v) is 15.5. The maximum atomic E-state index is 12.8. The second-order valence-corrected chi connectivity index (χ2v) is 13.4. The third-order valence-electron chi connectivity index (χ3n) is 6.79. The van der Waals surface area contributed by atoms with E-state index in [1.54, 1.807) is 11.9 Å². The Bertz CT molecular complexity index is 1340. The van der Waals surface area contributed by atoms with Gasteiger partial charge in [0.2, 0.25) is 5.91 Å². The molecule has 1 atom stereocenters. The normalized spacial score (nSPS) is 16.7. The average Bonchev–Trinajstić information content (AvgIpc) is 3.31. The van der Waals surface area contributed by atoms with Crippen molar-refractivity contribution in [3.8, 4) is 0 Å². The lowest BCUT2D eigenvalue weighted by atomic mass is 10.1. The number of sulfonamides is 1. The number of carbonyl (C=O) groups excluding carboxylic acids is 1. The van der Waals surface area contributed by atoms with E-state index in [4.69, 9.17) is 0 Å². The summed E-state index contributed by atoms with van der Waals surface area (Å²) in [7, 11) is -7.52. The second kappa shape index (κ2) is 12.4. The summed E-state index contributed by atoms with van der Waals surface area (Å²) in [5.74, 6) is -0.252. The summed E-state index contributed by atoms with van der Waals surface area (Å²) in [6.07, 6.45) is 4.85. The fraction of sp³-hybridized carbons (Fsp3) is 0.583. The van der Waals surface area contributed by atoms with Gasteiger partial charge in [-0.05, 0) is 57.0 Å². The number of unbranched alkanes of at least 4 members (excludes halogenated alkanes) is 1. The quantitative estimate of drug-likeness (QED) is 0.347. The van der Waals surface area contributed by atoms with Gasteiger partial charge < -0.3 is 14.4 Å². The Balaban J connectivity index is 1.45. The molecule has 15 heteroatoms. The minimum atomic E-state index is -5.37. The predicted molar refractivity (Wildman–Crippen MR) is 138 cm³/mol. The number of alkyl halides is 3. The number of nitrogens with zero attached hydrogens (tertiary/aromatic N) is 5. The van der Waals surface area contributed by atoms with Gasteiger partial charge in [-0.2, -0.15) is 17.5 Å². The Morgan fingerprint density at radius 2 is 1.74 bits per heavy atom. The maximum absolute atomic E-state index is 12.8. The largest absolute Gasteiger partial charge is 0.501 e. The van der Waals surface area contributed by atoms with E-state index in [2.05, 4.69) is 9.88 Å². The molecule has 1 aromatic carbocycles. The van der Waals surface area contributed by atoms with Crippen LogP contribution < -0.4 is 0 Å². The molecule has 39 heavy (non-hydrogen) atoms. The molecule has 0 bridgehead atoms. The number of carbonyl (C=O) groups is 1. The van der Waals surface area contributed by atoms with Crippen molar-refractivity contribution in [2.24, 2.45) is 7.05 Å². The van der Waals surface area contributed by atoms with Crippen LogP contribution in [0.15, 0.2) is 46.7 Å². The van der Waals surface area contributed by atoms with Gasteiger partial charge in [0.1, 0.15) is 0 Å². The Morgan fingerprint density at radius 3 is 2.28 bits per heavy atom. The molecular formula is C24H34F3N5O5S2. The molecule has 2 heterocycles. The monoisotopic (exact) mass is 593 g/mol. The topological polar surface area (TPSA) is 113 Å². The Kier molecular flexibility index (Phi) is 9.83. The van der Waals surface area contributed by atoms with Gasteiger partial charge in [-0.3, -0.25) is 4.79 Å². The summed E-state index contributed by atoms with van der Waals surface area (Å²) >= 11 is 0. The van der Waals surface area contributed by atoms with Crippen LogP contribution >= 0.6 is 0 Å². The second-order valence-electron chi connectivity index (χ2n) is 9.58. The fourth-order valence-corrected chi connectivity index (χ4v) is 6.61. The Labute approximate surface area is 227 Å². The molecule has 1 aliphatic rings. The molecule has 0 aliphatic carbocycles. The van der Waals surface area contributed by atoms with Crippen molar-refractivity contribution in [3.63, 3.8) is 0 Å². The van der Waals surface area contributed by atoms with Crippen LogP contribution in [0.5, 0.6) is 0 Å². The molecule has 1 unspecified atom stereocenters. The minimum absolute atomic E-state index is 0.0575. The van der Waals surface area contributed by atoms with Gasteiger partial charge >= 0.3 is 5.51 Å². The van der Waals surface area contributed by atoms with Crippen LogP contribution in [0.1, 0.15) is 32.3 Å². The van der Waals surface area contributed by atoms with Crippen molar-refractivity contribution in [2.45, 2.75) is 54.6 Å². The number of halogens is 3. The third-order valence-corrected chi connectivity index (χ3v) is 10.0. The Morgan fingerprint density at radius 1 is 1.08 bits per heavy atom. The van der Waals surface area contributed by atoms with Crippen LogP contribution in [0, 0.1) is 0 Å². The molecule has 0 saturated carbocycles. The number of likely N-dealkylation sites (N-methyl/N-ethyl adjacent to an activating group) is 1. The molecule has 0 N–H and O–H groups in total. The number of aryl methyl sites for hydroxylation is 1. The highest BCUT2D eigenvalue weighted by Crippen LogP contribution is 2.30. The van der Waals surface area contributed by atoms with E-state index in [9.17, 15) is 34.8 Å². The summed E-state index contributed by atoms with van der Waals surface area (Å²) in [6, 6.07) is 4.84. The molecule has 1 amide bonds. The number of amides is 1. The smallest absolute Gasteiger partial charge is 0.340 e. The van der Waals surface area contributed by atoms with Crippen LogP contribution in [0.25, 0.3) is 0 Å². The molecule has 1 fully saturated rings. The van der Waals surface area contributed by atoms with E-state index in [1.807, 2.05) is 13.8 Å². The van der Waals surface area contributed by atoms with E-state index < -0.39 is 30.3 Å². The molecule has 1 aliphatic heterocycles. The zero-order chi connectivity index (χ0) is 29.0. The highest BCUT2D eigenvalue weighted by Gasteiger charge is 2.46. The SMILES string of the molecule is CCN(CCCCN1CCN(S(=O)(=O)c2cn(C)cn2)CC1=O)C(C)Cc1ccc(S(=O)(=O)C(F)(F)F)cc1. The van der Waals surface area contributed by atoms with Gasteiger partial charge in [0.15, 0.2) is 5.03 Å². The number of piperazine rings is 1. The van der Waals surface area contributed by atoms with Crippen molar-refractivity contribution in [1.82, 2.24) is 23.7 Å². The standard InChI is InChI=1S/C24H34F3N5O5S2/c1-4-30(19(2)15-20-7-9-21(10-8-20)38(34,35)24(25,26)27)11-5-6-12-31-13-14-32(17-23(31)33)39(36,37)22-16-29(3)18-28-22/h7-10,16,18-19H,4-6,11-15,17H2,1-3H3. The third kappa shape index (κ3) is 7.38. The summed E-state index contributed by atoms with van der Waals surface area (Å²) in [5.41, 5.74) is -4.61. The van der Waals surface area contributed by atoms with E-state index >= 15 is 0 Å². The zero-order valence-electron chi connectivity index (χ0n) is 22.1. The van der Waals surface area contributed by atoms with E-state index in [-0.39, 0.29) is 30.1 Å². The first-order valence-electron chi connectivity index (χ1n) is 12.6. The van der Waals surface area contributed by atoms with Gasteiger partial charge in [-0.15, -0.1) is 0 Å². The molecule has 10 nitrogen and oxygen atoms in total. The van der Waals surface area contributed by atoms with E-state index in [0.717, 1.165) is 47.9 Å². The van der Waals surface area contributed by atoms with E-state index in [1.165, 1.54) is 29.2 Å². The average molecular weight is 594 g/mol. The number of benzene rings is 1. The van der Waals surface area contributed by atoms with Crippen LogP contribution in [-0.4, -0.2) is 97.2 Å². The van der Waals surface area contributed by atoms with Crippen LogP contribution in [0.2, 0.25) is 0 Å². The van der Waals surface area contributed by atoms with Crippen molar-refractivity contribution in [3.05, 3.63) is 42.4 Å². The van der Waals surface area contributed by atoms with Crippen molar-refractivity contribution in [1.29, 1.82) is 0 Å². The molecule has 3 rings (SSSR count). The van der Waals surface area contributed by atoms with Gasteiger partial charge in [0.05, 0.1) is 17.8 Å². The minimum Gasteiger partial charge on any atom is -0.340 e. The van der Waals surface area contributed by atoms with Crippen LogP contribution in [0.4, 0.5) is 13.2 Å². The molecule has 1 saturated heterocycles. The Hall–Kier alpha value is -2.49. The predicted octanol–water partition coefficient (Wildman–Crippen LogP) is 2.28. The first-order chi connectivity index (χ1) is 18.2. The molecule has 1 aromatic heterocycles. The lowest BCUT2D eigenvalue weighted by Gasteiger charge is -2.33. The fourth-order valence-electron chi connectivity index (χ4n) is 4.50. The highest BCUT2D eigenvalue weighted by molar-refractivity contribution is 7.92. The lowest BCUT2D eigenvalue weighted by molar-refractivity contribution is -0.134. The summed E-state index contributed by atoms with van der Waals surface area (Å²) in [5, 5.41) is -0.0812. The number of hydrogen-bond donors (Lipinski definition) is 0. The van der Waals surface area contributed by atoms with E-state index in [0.29, 0.717) is 19.5 Å². The van der Waals surface area contributed by atoms with Crippen molar-refractivity contribution in [2.75, 3.05) is 39.3 Å². The number of aromatic nitrogens is 2. The summed E-state index contributed by atoms with van der Waals surface area (Å²) < 4.78 is 89.5. The van der Waals surface area contributed by atoms with Crippen LogP contribution in [-0.2, 0) is 38.1 Å². The van der Waals surface area contributed by atoms with Crippen molar-refractivity contribution < 1.29 is 34.8 Å². The summed E-state index contributed by atoms with van der Waals surface area (Å²) in [4.78, 5) is 19.6. The molecule has 0 radical (unpaired) electrons. The molecular weight excluding hydrogens is 559 g/mol. The van der Waals surface area contributed by atoms with Gasteiger partial charge in [-0.25, -0.2) is 21.8 Å². The number of sulfone groups is 1. The summed E-state index contributed by atoms with van der Waals surface area (Å²) in [6.45, 7) is 6.27. The van der Waals surface area contributed by atoms with Gasteiger partial charge in [0.25, 0.3) is 19.9 Å². The molecule has 0 spiro atoms. The van der Waals surface area contributed by atoms with Gasteiger partial charge in [0, 0.05) is 38.9 Å². The van der Waals surface area contributed by atoms with Crippen molar-refractivity contribution >= 4 is 25.8 Å². The highest BCUT2D eigenvalue weighted by atomic mass is 32.2. The van der Waals surface area contributed by atoms with Gasteiger partial charge in [-0.1, -0.05) is 19.1 Å². The maximum Gasteiger partial charge on any atom is 0.501 e. The first kappa shape index (κ1) is 31.0. The number of imidazole rings is 1. The number of rotatable bonds is 12.